The molecule has 6 nitrogen and oxygen atoms in total. The number of carbonyl (C=O) groups excluding carboxylic acids is 1. The van der Waals surface area contributed by atoms with Gasteiger partial charge >= 0.3 is 11.9 Å². The average Bonchev–Trinajstić information content (AvgIpc) is 3.35. The minimum atomic E-state index is -0.688. The zero-order valence-electron chi connectivity index (χ0n) is 14.3. The van der Waals surface area contributed by atoms with E-state index in [1.54, 1.807) is 0 Å². The van der Waals surface area contributed by atoms with Crippen LogP contribution < -0.4 is 0 Å². The van der Waals surface area contributed by atoms with Gasteiger partial charge in [-0.2, -0.15) is 0 Å². The third-order valence-corrected chi connectivity index (χ3v) is 5.57. The fraction of sp³-hybridized carbons (Fsp3) is 0.889. The van der Waals surface area contributed by atoms with Gasteiger partial charge < -0.3 is 19.3 Å². The summed E-state index contributed by atoms with van der Waals surface area (Å²) in [5.74, 6) is -0.901. The normalized spacial score (nSPS) is 38.7. The molecule has 4 bridgehead atoms. The van der Waals surface area contributed by atoms with Gasteiger partial charge in [0.25, 0.3) is 0 Å². The number of esters is 1. The van der Waals surface area contributed by atoms with E-state index in [0.717, 1.165) is 51.4 Å². The Morgan fingerprint density at radius 1 is 1.00 bits per heavy atom. The van der Waals surface area contributed by atoms with Gasteiger partial charge in [-0.3, -0.25) is 9.59 Å². The number of carboxylic acid groups (broad SMARTS) is 1. The lowest BCUT2D eigenvalue weighted by Gasteiger charge is -2.16. The minimum Gasteiger partial charge on any atom is -0.481 e. The number of carboxylic acids is 1. The molecule has 0 unspecified atom stereocenters. The Kier molecular flexibility index (Phi) is 5.76. The molecule has 6 heteroatoms. The van der Waals surface area contributed by atoms with E-state index in [4.69, 9.17) is 19.3 Å². The Labute approximate surface area is 142 Å². The van der Waals surface area contributed by atoms with Crippen LogP contribution in [0.25, 0.3) is 0 Å². The fourth-order valence-electron chi connectivity index (χ4n) is 4.21. The highest BCUT2D eigenvalue weighted by Gasteiger charge is 2.45. The predicted octanol–water partition coefficient (Wildman–Crippen LogP) is 2.54. The van der Waals surface area contributed by atoms with Crippen LogP contribution in [0.15, 0.2) is 0 Å². The number of aliphatic carboxylic acids is 1. The molecule has 0 aromatic heterocycles. The summed E-state index contributed by atoms with van der Waals surface area (Å²) in [5.41, 5.74) is 0. The van der Waals surface area contributed by atoms with Gasteiger partial charge in [-0.15, -0.1) is 0 Å². The van der Waals surface area contributed by atoms with Crippen LogP contribution >= 0.6 is 0 Å². The van der Waals surface area contributed by atoms with Crippen LogP contribution in [0.2, 0.25) is 0 Å². The molecule has 4 fully saturated rings. The molecule has 4 aliphatic rings. The monoisotopic (exact) mass is 340 g/mol. The Morgan fingerprint density at radius 2 is 1.58 bits per heavy atom. The molecule has 1 N–H and O–H groups in total. The highest BCUT2D eigenvalue weighted by molar-refractivity contribution is 5.73. The number of hydrogen-bond donors (Lipinski definition) is 1. The van der Waals surface area contributed by atoms with Crippen LogP contribution in [-0.2, 0) is 23.8 Å². The van der Waals surface area contributed by atoms with Crippen LogP contribution in [0.5, 0.6) is 0 Å². The van der Waals surface area contributed by atoms with Crippen molar-refractivity contribution in [1.29, 1.82) is 0 Å². The molecule has 0 aromatic carbocycles. The summed E-state index contributed by atoms with van der Waals surface area (Å²) in [5, 5.41) is 8.66. The third kappa shape index (κ3) is 3.91. The molecule has 4 aliphatic heterocycles. The molecule has 0 amide bonds. The van der Waals surface area contributed by atoms with Gasteiger partial charge in [-0.05, 0) is 44.9 Å². The van der Waals surface area contributed by atoms with E-state index in [0.29, 0.717) is 12.7 Å². The molecule has 4 rings (SSSR count). The van der Waals surface area contributed by atoms with E-state index in [1.165, 1.54) is 0 Å². The van der Waals surface area contributed by atoms with Crippen LogP contribution in [0.3, 0.4) is 0 Å². The second-order valence-electron chi connectivity index (χ2n) is 7.29. The molecule has 0 saturated carbocycles. The molecule has 24 heavy (non-hydrogen) atoms. The molecule has 0 spiro atoms. The van der Waals surface area contributed by atoms with Crippen molar-refractivity contribution in [2.45, 2.75) is 82.7 Å². The van der Waals surface area contributed by atoms with E-state index in [9.17, 15) is 9.59 Å². The molecule has 136 valence electrons. The zero-order valence-corrected chi connectivity index (χ0v) is 14.3. The quantitative estimate of drug-likeness (QED) is 0.612. The van der Waals surface area contributed by atoms with Gasteiger partial charge in [0.05, 0.1) is 42.9 Å². The summed E-state index contributed by atoms with van der Waals surface area (Å²) in [6.45, 7) is 2.66. The van der Waals surface area contributed by atoms with E-state index in [1.807, 2.05) is 0 Å². The minimum absolute atomic E-state index is 0.0301. The van der Waals surface area contributed by atoms with Crippen molar-refractivity contribution in [2.75, 3.05) is 6.61 Å². The molecule has 4 heterocycles. The molecular weight excluding hydrogens is 312 g/mol. The van der Waals surface area contributed by atoms with Gasteiger partial charge in [0, 0.05) is 0 Å². The second-order valence-corrected chi connectivity index (χ2v) is 7.29. The van der Waals surface area contributed by atoms with Crippen molar-refractivity contribution < 1.29 is 28.9 Å². The first-order valence-electron chi connectivity index (χ1n) is 9.28. The molecule has 4 saturated heterocycles. The van der Waals surface area contributed by atoms with Gasteiger partial charge in [0.15, 0.2) is 0 Å². The molecule has 0 aliphatic carbocycles. The van der Waals surface area contributed by atoms with Gasteiger partial charge in [0.1, 0.15) is 0 Å². The summed E-state index contributed by atoms with van der Waals surface area (Å²) in [4.78, 5) is 22.1. The predicted molar refractivity (Wildman–Crippen MR) is 85.5 cm³/mol. The van der Waals surface area contributed by atoms with Crippen LogP contribution in [0, 0.1) is 11.8 Å². The lowest BCUT2D eigenvalue weighted by Crippen LogP contribution is -2.27. The first kappa shape index (κ1) is 17.7. The summed E-state index contributed by atoms with van der Waals surface area (Å²) < 4.78 is 16.2. The highest BCUT2D eigenvalue weighted by Crippen LogP contribution is 2.39. The summed E-state index contributed by atoms with van der Waals surface area (Å²) in [7, 11) is 0. The van der Waals surface area contributed by atoms with Gasteiger partial charge in [-0.1, -0.05) is 13.3 Å². The zero-order chi connectivity index (χ0) is 17.1. The smallest absolute Gasteiger partial charge is 0.311 e. The fourth-order valence-corrected chi connectivity index (χ4v) is 4.21. The number of rotatable bonds is 5. The molecular formula is C18H28O6. The van der Waals surface area contributed by atoms with Crippen molar-refractivity contribution in [3.63, 3.8) is 0 Å². The molecule has 6 atom stereocenters. The summed E-state index contributed by atoms with van der Waals surface area (Å²) >= 11 is 0. The Balaban J connectivity index is 0.000000149. The maximum Gasteiger partial charge on any atom is 0.311 e. The lowest BCUT2D eigenvalue weighted by molar-refractivity contribution is -0.150. The molecule has 0 aromatic rings. The van der Waals surface area contributed by atoms with Gasteiger partial charge in [0.2, 0.25) is 0 Å². The maximum absolute atomic E-state index is 11.6. The van der Waals surface area contributed by atoms with E-state index >= 15 is 0 Å². The first-order chi connectivity index (χ1) is 11.6. The maximum atomic E-state index is 11.6. The summed E-state index contributed by atoms with van der Waals surface area (Å²) in [6, 6.07) is 0. The van der Waals surface area contributed by atoms with Crippen LogP contribution in [0.4, 0.5) is 0 Å². The number of ether oxygens (including phenoxy) is 3. The van der Waals surface area contributed by atoms with Crippen LogP contribution in [-0.4, -0.2) is 48.1 Å². The topological polar surface area (TPSA) is 82.1 Å². The highest BCUT2D eigenvalue weighted by atomic mass is 16.5. The van der Waals surface area contributed by atoms with E-state index < -0.39 is 5.97 Å². The molecule has 0 radical (unpaired) electrons. The summed E-state index contributed by atoms with van der Waals surface area (Å²) in [6.07, 6.45) is 8.62. The van der Waals surface area contributed by atoms with Crippen molar-refractivity contribution >= 4 is 11.9 Å². The number of hydrogen-bond acceptors (Lipinski definition) is 5. The number of unbranched alkanes of at least 4 members (excludes halogenated alkanes) is 1. The SMILES string of the molecule is CCCCOC(=O)[C@H]1C[C@@H]2CC[C@H]1O2.O=C(O)[C@H]1C[C@@H]2CC[C@H]1O2. The largest absolute Gasteiger partial charge is 0.481 e. The number of carbonyl (C=O) groups is 2. The van der Waals surface area contributed by atoms with Crippen LogP contribution in [0.1, 0.15) is 58.3 Å². The third-order valence-electron chi connectivity index (χ3n) is 5.57. The Morgan fingerprint density at radius 3 is 1.96 bits per heavy atom. The lowest BCUT2D eigenvalue weighted by atomic mass is 9.89. The average molecular weight is 340 g/mol. The Hall–Kier alpha value is -1.14. The second kappa shape index (κ2) is 7.83. The first-order valence-corrected chi connectivity index (χ1v) is 9.28. The van der Waals surface area contributed by atoms with Gasteiger partial charge in [-0.25, -0.2) is 0 Å². The van der Waals surface area contributed by atoms with E-state index in [-0.39, 0.29) is 36.1 Å². The van der Waals surface area contributed by atoms with Crippen molar-refractivity contribution in [3.8, 4) is 0 Å². The van der Waals surface area contributed by atoms with Crippen molar-refractivity contribution in [1.82, 2.24) is 0 Å². The van der Waals surface area contributed by atoms with E-state index in [2.05, 4.69) is 6.92 Å². The Bertz CT molecular complexity index is 464. The van der Waals surface area contributed by atoms with Crippen molar-refractivity contribution in [3.05, 3.63) is 0 Å². The van der Waals surface area contributed by atoms with Crippen molar-refractivity contribution in [2.24, 2.45) is 11.8 Å². The standard InChI is InChI=1S/C11H18O3.C7H10O3/c1-2-3-6-13-11(12)9-7-8-4-5-10(9)14-8;8-7(9)5-3-4-1-2-6(5)10-4/h8-10H,2-7H2,1H3;4-6H,1-3H2,(H,8,9)/t8-,9-,10+;4-,5-,6+/m00/s1. The number of fused-ring (bicyclic) bond motifs is 4.